The van der Waals surface area contributed by atoms with Crippen LogP contribution in [0.5, 0.6) is 0 Å². The van der Waals surface area contributed by atoms with Crippen molar-refractivity contribution in [3.05, 3.63) is 53.9 Å². The van der Waals surface area contributed by atoms with E-state index in [-0.39, 0.29) is 5.91 Å². The van der Waals surface area contributed by atoms with Gasteiger partial charge >= 0.3 is 0 Å². The van der Waals surface area contributed by atoms with E-state index in [2.05, 4.69) is 49.4 Å². The second-order valence-corrected chi connectivity index (χ2v) is 8.17. The van der Waals surface area contributed by atoms with Gasteiger partial charge in [-0.3, -0.25) is 9.69 Å². The molecule has 5 rings (SSSR count). The number of benzene rings is 1. The predicted molar refractivity (Wildman–Crippen MR) is 114 cm³/mol. The maximum atomic E-state index is 12.8. The zero-order chi connectivity index (χ0) is 20.3. The van der Waals surface area contributed by atoms with Crippen molar-refractivity contribution >= 4 is 17.4 Å². The Morgan fingerprint density at radius 1 is 0.867 bits per heavy atom. The van der Waals surface area contributed by atoms with Crippen molar-refractivity contribution in [1.82, 2.24) is 29.6 Å². The van der Waals surface area contributed by atoms with Crippen molar-refractivity contribution in [2.45, 2.75) is 25.8 Å². The molecule has 2 aliphatic heterocycles. The number of hydrogen-bond acceptors (Lipinski definition) is 6. The van der Waals surface area contributed by atoms with Gasteiger partial charge in [-0.05, 0) is 49.2 Å². The van der Waals surface area contributed by atoms with Gasteiger partial charge in [-0.15, -0.1) is 15.3 Å². The van der Waals surface area contributed by atoms with Crippen LogP contribution in [0.15, 0.2) is 42.7 Å². The van der Waals surface area contributed by atoms with Gasteiger partial charge in [0.15, 0.2) is 5.65 Å². The Morgan fingerprint density at radius 2 is 1.60 bits per heavy atom. The number of carbonyl (C=O) groups is 1. The number of likely N-dealkylation sites (tertiary alicyclic amines) is 1. The second kappa shape index (κ2) is 8.39. The quantitative estimate of drug-likeness (QED) is 0.642. The predicted octanol–water partition coefficient (Wildman–Crippen LogP) is 1.61. The largest absolute Gasteiger partial charge is 0.352 e. The number of hydrogen-bond donors (Lipinski definition) is 0. The zero-order valence-electron chi connectivity index (χ0n) is 17.2. The Labute approximate surface area is 176 Å². The summed E-state index contributed by atoms with van der Waals surface area (Å²) in [6, 6.07) is 12.4. The molecule has 0 radical (unpaired) electrons. The maximum Gasteiger partial charge on any atom is 0.227 e. The standard InChI is InChI=1S/C22H27N7O/c30-22(15-18-3-5-19(6-4-18)16-26-9-1-2-10-26)28-13-11-27(12-14-28)21-8-7-20-24-23-17-29(20)25-21/h3-8,17H,1-2,9-16H2. The minimum Gasteiger partial charge on any atom is -0.352 e. The summed E-state index contributed by atoms with van der Waals surface area (Å²) in [5.41, 5.74) is 3.16. The fraction of sp³-hybridized carbons (Fsp3) is 0.455. The summed E-state index contributed by atoms with van der Waals surface area (Å²) in [5.74, 6) is 1.09. The molecule has 0 N–H and O–H groups in total. The third-order valence-electron chi connectivity index (χ3n) is 6.09. The molecule has 30 heavy (non-hydrogen) atoms. The van der Waals surface area contributed by atoms with Gasteiger partial charge in [0.05, 0.1) is 6.42 Å². The van der Waals surface area contributed by atoms with Crippen LogP contribution in [0.3, 0.4) is 0 Å². The van der Waals surface area contributed by atoms with Crippen LogP contribution in [-0.4, -0.2) is 74.8 Å². The third-order valence-corrected chi connectivity index (χ3v) is 6.09. The molecule has 1 amide bonds. The lowest BCUT2D eigenvalue weighted by atomic mass is 10.1. The van der Waals surface area contributed by atoms with Crippen molar-refractivity contribution < 1.29 is 4.79 Å². The molecule has 2 saturated heterocycles. The van der Waals surface area contributed by atoms with Crippen molar-refractivity contribution in [2.24, 2.45) is 0 Å². The molecule has 0 atom stereocenters. The van der Waals surface area contributed by atoms with Crippen molar-refractivity contribution in [3.8, 4) is 0 Å². The summed E-state index contributed by atoms with van der Waals surface area (Å²) < 4.78 is 1.68. The van der Waals surface area contributed by atoms with E-state index in [4.69, 9.17) is 0 Å². The molecule has 156 valence electrons. The summed E-state index contributed by atoms with van der Waals surface area (Å²) in [4.78, 5) is 19.4. The molecule has 3 aromatic rings. The maximum absolute atomic E-state index is 12.8. The number of piperazine rings is 1. The number of rotatable bonds is 5. The van der Waals surface area contributed by atoms with Gasteiger partial charge in [-0.2, -0.15) is 4.52 Å². The Morgan fingerprint density at radius 3 is 2.37 bits per heavy atom. The van der Waals surface area contributed by atoms with E-state index in [9.17, 15) is 4.79 Å². The normalized spacial score (nSPS) is 17.7. The highest BCUT2D eigenvalue weighted by Gasteiger charge is 2.22. The molecule has 0 aliphatic carbocycles. The van der Waals surface area contributed by atoms with Gasteiger partial charge in [0.1, 0.15) is 12.1 Å². The summed E-state index contributed by atoms with van der Waals surface area (Å²) in [6.45, 7) is 6.42. The van der Waals surface area contributed by atoms with E-state index in [1.807, 2.05) is 17.0 Å². The number of aromatic nitrogens is 4. The number of anilines is 1. The van der Waals surface area contributed by atoms with E-state index < -0.39 is 0 Å². The minimum absolute atomic E-state index is 0.198. The number of amides is 1. The summed E-state index contributed by atoms with van der Waals surface area (Å²) >= 11 is 0. The molecule has 8 heteroatoms. The lowest BCUT2D eigenvalue weighted by Crippen LogP contribution is -2.49. The second-order valence-electron chi connectivity index (χ2n) is 8.17. The molecular formula is C22H27N7O. The van der Waals surface area contributed by atoms with E-state index in [1.54, 1.807) is 10.8 Å². The first-order valence-electron chi connectivity index (χ1n) is 10.7. The molecule has 0 unspecified atom stereocenters. The number of fused-ring (bicyclic) bond motifs is 1. The monoisotopic (exact) mass is 405 g/mol. The van der Waals surface area contributed by atoms with E-state index in [1.165, 1.54) is 31.5 Å². The van der Waals surface area contributed by atoms with Gasteiger partial charge in [0.2, 0.25) is 5.91 Å². The van der Waals surface area contributed by atoms with Crippen LogP contribution >= 0.6 is 0 Å². The van der Waals surface area contributed by atoms with Crippen molar-refractivity contribution in [3.63, 3.8) is 0 Å². The first kappa shape index (κ1) is 19.0. The highest BCUT2D eigenvalue weighted by molar-refractivity contribution is 5.79. The lowest BCUT2D eigenvalue weighted by Gasteiger charge is -2.35. The van der Waals surface area contributed by atoms with E-state index in [0.29, 0.717) is 19.5 Å². The summed E-state index contributed by atoms with van der Waals surface area (Å²) in [6.07, 6.45) is 4.69. The molecular weight excluding hydrogens is 378 g/mol. The molecule has 2 aliphatic rings. The highest BCUT2D eigenvalue weighted by Crippen LogP contribution is 2.16. The molecule has 4 heterocycles. The molecule has 0 bridgehead atoms. The first-order chi connectivity index (χ1) is 14.7. The Balaban J connectivity index is 1.13. The van der Waals surface area contributed by atoms with Gasteiger partial charge < -0.3 is 9.80 Å². The Bertz CT molecular complexity index is 1000. The first-order valence-corrected chi connectivity index (χ1v) is 10.7. The van der Waals surface area contributed by atoms with Crippen LogP contribution in [0.2, 0.25) is 0 Å². The fourth-order valence-electron chi connectivity index (χ4n) is 4.32. The van der Waals surface area contributed by atoms with Crippen molar-refractivity contribution in [1.29, 1.82) is 0 Å². The average molecular weight is 406 g/mol. The SMILES string of the molecule is O=C(Cc1ccc(CN2CCCC2)cc1)N1CCN(c2ccc3nncn3n2)CC1. The highest BCUT2D eigenvalue weighted by atomic mass is 16.2. The van der Waals surface area contributed by atoms with Crippen molar-refractivity contribution in [2.75, 3.05) is 44.2 Å². The summed E-state index contributed by atoms with van der Waals surface area (Å²) in [5, 5.41) is 12.4. The van der Waals surface area contributed by atoms with E-state index in [0.717, 1.165) is 36.7 Å². The summed E-state index contributed by atoms with van der Waals surface area (Å²) in [7, 11) is 0. The number of nitrogens with zero attached hydrogens (tertiary/aromatic N) is 7. The minimum atomic E-state index is 0.198. The Hall–Kier alpha value is -3.00. The molecule has 2 aromatic heterocycles. The van der Waals surface area contributed by atoms with Gasteiger partial charge in [-0.1, -0.05) is 24.3 Å². The topological polar surface area (TPSA) is 69.9 Å². The zero-order valence-corrected chi connectivity index (χ0v) is 17.2. The van der Waals surface area contributed by atoms with Gasteiger partial charge in [0, 0.05) is 32.7 Å². The third kappa shape index (κ3) is 4.14. The lowest BCUT2D eigenvalue weighted by molar-refractivity contribution is -0.130. The molecule has 0 spiro atoms. The molecule has 8 nitrogen and oxygen atoms in total. The van der Waals surface area contributed by atoms with Crippen LogP contribution in [0, 0.1) is 0 Å². The van der Waals surface area contributed by atoms with Crippen LogP contribution in [0.1, 0.15) is 24.0 Å². The van der Waals surface area contributed by atoms with Crippen LogP contribution < -0.4 is 4.90 Å². The van der Waals surface area contributed by atoms with E-state index >= 15 is 0 Å². The van der Waals surface area contributed by atoms with Crippen LogP contribution in [-0.2, 0) is 17.8 Å². The Kier molecular flexibility index (Phi) is 5.31. The van der Waals surface area contributed by atoms with Gasteiger partial charge in [0.25, 0.3) is 0 Å². The smallest absolute Gasteiger partial charge is 0.227 e. The molecule has 1 aromatic carbocycles. The molecule has 0 saturated carbocycles. The molecule has 2 fully saturated rings. The van der Waals surface area contributed by atoms with Crippen LogP contribution in [0.25, 0.3) is 5.65 Å². The number of carbonyl (C=O) groups excluding carboxylic acids is 1. The average Bonchev–Trinajstić information content (AvgIpc) is 3.46. The van der Waals surface area contributed by atoms with Crippen LogP contribution in [0.4, 0.5) is 5.82 Å². The fourth-order valence-corrected chi connectivity index (χ4v) is 4.32. The van der Waals surface area contributed by atoms with Gasteiger partial charge in [-0.25, -0.2) is 0 Å².